The van der Waals surface area contributed by atoms with E-state index in [0.29, 0.717) is 55.5 Å². The van der Waals surface area contributed by atoms with E-state index >= 15 is 0 Å². The predicted molar refractivity (Wildman–Crippen MR) is 119 cm³/mol. The number of carbonyl (C=O) groups excluding carboxylic acids is 2. The number of rotatable bonds is 5. The number of nitrogens with one attached hydrogen (secondary N) is 2. The molecule has 32 heavy (non-hydrogen) atoms. The van der Waals surface area contributed by atoms with Gasteiger partial charge in [-0.2, -0.15) is 0 Å². The second-order valence-electron chi connectivity index (χ2n) is 8.19. The van der Waals surface area contributed by atoms with Gasteiger partial charge in [-0.3, -0.25) is 19.5 Å². The molecule has 166 valence electrons. The van der Waals surface area contributed by atoms with Crippen molar-refractivity contribution in [1.29, 1.82) is 0 Å². The van der Waals surface area contributed by atoms with Crippen molar-refractivity contribution in [2.45, 2.75) is 25.0 Å². The van der Waals surface area contributed by atoms with E-state index < -0.39 is 5.66 Å². The standard InChI is InChI=1S/C23H23ClN4O4/c24-17-4-2-16(3-5-17)21-22(30)27-23(26-21)7-9-28(10-8-23)13-20(29)25-12-15-1-6-18-19(11-15)32-14-31-18/h1-6,11H,7-10,12-14H2,(H,25,29)(H,27,30). The van der Waals surface area contributed by atoms with E-state index in [1.54, 1.807) is 24.3 Å². The third kappa shape index (κ3) is 4.28. The number of ether oxygens (including phenoxy) is 2. The Kier molecular flexibility index (Phi) is 5.48. The lowest BCUT2D eigenvalue weighted by Crippen LogP contribution is -2.52. The van der Waals surface area contributed by atoms with E-state index in [2.05, 4.69) is 15.5 Å². The lowest BCUT2D eigenvalue weighted by atomic mass is 9.98. The smallest absolute Gasteiger partial charge is 0.272 e. The molecule has 5 rings (SSSR count). The Hall–Kier alpha value is -3.10. The van der Waals surface area contributed by atoms with E-state index in [4.69, 9.17) is 26.1 Å². The first-order valence-corrected chi connectivity index (χ1v) is 10.9. The molecule has 1 spiro atoms. The molecule has 2 aromatic rings. The molecule has 3 heterocycles. The quantitative estimate of drug-likeness (QED) is 0.721. The number of hydrogen-bond donors (Lipinski definition) is 2. The summed E-state index contributed by atoms with van der Waals surface area (Å²) in [4.78, 5) is 31.8. The van der Waals surface area contributed by atoms with Gasteiger partial charge in [-0.15, -0.1) is 0 Å². The van der Waals surface area contributed by atoms with Crippen LogP contribution in [0.25, 0.3) is 0 Å². The van der Waals surface area contributed by atoms with Crippen LogP contribution in [0.1, 0.15) is 24.0 Å². The first-order chi connectivity index (χ1) is 15.5. The lowest BCUT2D eigenvalue weighted by molar-refractivity contribution is -0.123. The molecule has 1 fully saturated rings. The topological polar surface area (TPSA) is 92.3 Å². The molecule has 2 N–H and O–H groups in total. The summed E-state index contributed by atoms with van der Waals surface area (Å²) >= 11 is 5.94. The molecule has 0 radical (unpaired) electrons. The number of likely N-dealkylation sites (tertiary alicyclic amines) is 1. The minimum Gasteiger partial charge on any atom is -0.454 e. The summed E-state index contributed by atoms with van der Waals surface area (Å²) in [6.45, 7) is 2.32. The molecular formula is C23H23ClN4O4. The van der Waals surface area contributed by atoms with Crippen LogP contribution in [-0.4, -0.2) is 54.5 Å². The largest absolute Gasteiger partial charge is 0.454 e. The molecule has 8 nitrogen and oxygen atoms in total. The third-order valence-corrected chi connectivity index (χ3v) is 6.23. The van der Waals surface area contributed by atoms with Gasteiger partial charge >= 0.3 is 0 Å². The highest BCUT2D eigenvalue weighted by atomic mass is 35.5. The van der Waals surface area contributed by atoms with Gasteiger partial charge in [-0.1, -0.05) is 29.8 Å². The summed E-state index contributed by atoms with van der Waals surface area (Å²) in [6.07, 6.45) is 1.32. The second kappa shape index (κ2) is 8.44. The zero-order chi connectivity index (χ0) is 22.1. The van der Waals surface area contributed by atoms with Gasteiger partial charge < -0.3 is 20.1 Å². The summed E-state index contributed by atoms with van der Waals surface area (Å²) in [5, 5.41) is 6.62. The number of hydrogen-bond acceptors (Lipinski definition) is 6. The highest BCUT2D eigenvalue weighted by Crippen LogP contribution is 2.32. The number of piperidine rings is 1. The molecular weight excluding hydrogens is 432 g/mol. The van der Waals surface area contributed by atoms with Gasteiger partial charge in [0.1, 0.15) is 11.4 Å². The molecule has 2 amide bonds. The maximum Gasteiger partial charge on any atom is 0.272 e. The molecule has 2 aromatic carbocycles. The molecule has 0 bridgehead atoms. The summed E-state index contributed by atoms with van der Waals surface area (Å²) in [7, 11) is 0. The average molecular weight is 455 g/mol. The molecule has 0 aliphatic carbocycles. The van der Waals surface area contributed by atoms with Crippen LogP contribution < -0.4 is 20.1 Å². The maximum absolute atomic E-state index is 12.5. The van der Waals surface area contributed by atoms with Crippen LogP contribution in [0.15, 0.2) is 47.5 Å². The summed E-state index contributed by atoms with van der Waals surface area (Å²) in [6, 6.07) is 12.8. The van der Waals surface area contributed by atoms with Crippen molar-refractivity contribution in [2.75, 3.05) is 26.4 Å². The van der Waals surface area contributed by atoms with Crippen molar-refractivity contribution in [2.24, 2.45) is 4.99 Å². The Morgan fingerprint density at radius 2 is 1.88 bits per heavy atom. The fourth-order valence-electron chi connectivity index (χ4n) is 4.20. The lowest BCUT2D eigenvalue weighted by Gasteiger charge is -2.36. The second-order valence-corrected chi connectivity index (χ2v) is 8.63. The number of amides is 2. The fraction of sp³-hybridized carbons (Fsp3) is 0.348. The third-order valence-electron chi connectivity index (χ3n) is 5.98. The van der Waals surface area contributed by atoms with E-state index in [1.165, 1.54) is 0 Å². The Balaban J connectivity index is 1.13. The van der Waals surface area contributed by atoms with Gasteiger partial charge in [0.2, 0.25) is 12.7 Å². The highest BCUT2D eigenvalue weighted by Gasteiger charge is 2.42. The van der Waals surface area contributed by atoms with E-state index in [-0.39, 0.29) is 18.6 Å². The summed E-state index contributed by atoms with van der Waals surface area (Å²) in [5.41, 5.74) is 1.56. The minimum absolute atomic E-state index is 0.0422. The first-order valence-electron chi connectivity index (χ1n) is 10.6. The average Bonchev–Trinajstić information content (AvgIpc) is 3.38. The Morgan fingerprint density at radius 3 is 2.66 bits per heavy atom. The maximum atomic E-state index is 12.5. The van der Waals surface area contributed by atoms with Crippen LogP contribution in [-0.2, 0) is 16.1 Å². The van der Waals surface area contributed by atoms with Gasteiger partial charge in [-0.25, -0.2) is 0 Å². The number of nitrogens with zero attached hydrogens (tertiary/aromatic N) is 2. The molecule has 3 aliphatic rings. The van der Waals surface area contributed by atoms with Crippen LogP contribution in [0.4, 0.5) is 0 Å². The van der Waals surface area contributed by atoms with Crippen molar-refractivity contribution in [3.05, 3.63) is 58.6 Å². The van der Waals surface area contributed by atoms with Crippen molar-refractivity contribution in [1.82, 2.24) is 15.5 Å². The Morgan fingerprint density at radius 1 is 1.12 bits per heavy atom. The van der Waals surface area contributed by atoms with Crippen LogP contribution >= 0.6 is 11.6 Å². The minimum atomic E-state index is -0.592. The van der Waals surface area contributed by atoms with Crippen LogP contribution in [0.2, 0.25) is 5.02 Å². The number of aliphatic imine (C=N–C) groups is 1. The molecule has 0 unspecified atom stereocenters. The number of carbonyl (C=O) groups is 2. The van der Waals surface area contributed by atoms with Crippen LogP contribution in [0.3, 0.4) is 0 Å². The van der Waals surface area contributed by atoms with E-state index in [9.17, 15) is 9.59 Å². The molecule has 1 saturated heterocycles. The SMILES string of the molecule is O=C(CN1CCC2(CC1)N=C(c1ccc(Cl)cc1)C(=O)N2)NCc1ccc2c(c1)OCO2. The molecule has 0 atom stereocenters. The van der Waals surface area contributed by atoms with E-state index in [0.717, 1.165) is 16.9 Å². The number of fused-ring (bicyclic) bond motifs is 1. The van der Waals surface area contributed by atoms with Crippen molar-refractivity contribution in [3.8, 4) is 11.5 Å². The fourth-order valence-corrected chi connectivity index (χ4v) is 4.32. The van der Waals surface area contributed by atoms with Gasteiger partial charge in [0.15, 0.2) is 11.5 Å². The van der Waals surface area contributed by atoms with Gasteiger partial charge in [0.05, 0.1) is 6.54 Å². The number of halogens is 1. The van der Waals surface area contributed by atoms with Crippen LogP contribution in [0, 0.1) is 0 Å². The molecule has 3 aliphatic heterocycles. The van der Waals surface area contributed by atoms with Crippen molar-refractivity contribution in [3.63, 3.8) is 0 Å². The zero-order valence-corrected chi connectivity index (χ0v) is 18.2. The zero-order valence-electron chi connectivity index (χ0n) is 17.4. The number of benzene rings is 2. The molecule has 9 heteroatoms. The highest BCUT2D eigenvalue weighted by molar-refractivity contribution is 6.47. The van der Waals surface area contributed by atoms with Gasteiger partial charge in [0.25, 0.3) is 5.91 Å². The van der Waals surface area contributed by atoms with Crippen molar-refractivity contribution < 1.29 is 19.1 Å². The van der Waals surface area contributed by atoms with E-state index in [1.807, 2.05) is 18.2 Å². The first kappa shape index (κ1) is 20.8. The Labute approximate surface area is 190 Å². The monoisotopic (exact) mass is 454 g/mol. The van der Waals surface area contributed by atoms with Crippen molar-refractivity contribution >= 4 is 29.1 Å². The predicted octanol–water partition coefficient (Wildman–Crippen LogP) is 2.10. The Bertz CT molecular complexity index is 1080. The van der Waals surface area contributed by atoms with Crippen LogP contribution in [0.5, 0.6) is 11.5 Å². The molecule has 0 aromatic heterocycles. The van der Waals surface area contributed by atoms with Gasteiger partial charge in [-0.05, 0) is 29.8 Å². The van der Waals surface area contributed by atoms with Gasteiger partial charge in [0, 0.05) is 43.1 Å². The summed E-state index contributed by atoms with van der Waals surface area (Å²) < 4.78 is 10.7. The molecule has 0 saturated carbocycles. The summed E-state index contributed by atoms with van der Waals surface area (Å²) in [5.74, 6) is 1.22. The normalized spacial score (nSPS) is 19.0.